The average Bonchev–Trinajstić information content (AvgIpc) is 3.04. The first-order chi connectivity index (χ1) is 12.6. The Bertz CT molecular complexity index is 848. The number of ether oxygens (including phenoxy) is 1. The molecule has 8 atom stereocenters. The van der Waals surface area contributed by atoms with Crippen LogP contribution in [0.3, 0.4) is 0 Å². The number of fused-ring (bicyclic) bond motifs is 2. The van der Waals surface area contributed by atoms with Crippen molar-refractivity contribution >= 4 is 11.7 Å². The van der Waals surface area contributed by atoms with Crippen LogP contribution >= 0.6 is 0 Å². The van der Waals surface area contributed by atoms with Crippen molar-refractivity contribution in [3.63, 3.8) is 0 Å². The molecule has 5 fully saturated rings. The highest BCUT2D eigenvalue weighted by atomic mass is 16.5. The van der Waals surface area contributed by atoms with E-state index >= 15 is 0 Å². The number of benzene rings is 1. The Balaban J connectivity index is 1.61. The summed E-state index contributed by atoms with van der Waals surface area (Å²) in [6.45, 7) is 4.86. The summed E-state index contributed by atoms with van der Waals surface area (Å²) in [6, 6.07) is 10.4. The van der Waals surface area contributed by atoms with Crippen molar-refractivity contribution in [3.05, 3.63) is 41.5 Å². The lowest BCUT2D eigenvalue weighted by atomic mass is 9.65. The molecule has 4 saturated heterocycles. The number of para-hydroxylation sites is 1. The zero-order chi connectivity index (χ0) is 17.8. The van der Waals surface area contributed by atoms with E-state index in [1.807, 2.05) is 0 Å². The summed E-state index contributed by atoms with van der Waals surface area (Å²) in [6.07, 6.45) is 4.66. The van der Waals surface area contributed by atoms with Gasteiger partial charge < -0.3 is 9.64 Å². The largest absolute Gasteiger partial charge is 0.461 e. The first-order valence-electron chi connectivity index (χ1n) is 9.98. The summed E-state index contributed by atoms with van der Waals surface area (Å²) >= 11 is 0. The van der Waals surface area contributed by atoms with E-state index in [9.17, 15) is 4.79 Å². The predicted molar refractivity (Wildman–Crippen MR) is 100 cm³/mol. The van der Waals surface area contributed by atoms with Gasteiger partial charge in [-0.25, -0.2) is 0 Å². The molecule has 5 aliphatic heterocycles. The predicted octanol–water partition coefficient (Wildman–Crippen LogP) is 2.73. The van der Waals surface area contributed by atoms with Crippen LogP contribution in [0.25, 0.3) is 0 Å². The van der Waals surface area contributed by atoms with Gasteiger partial charge in [-0.05, 0) is 37.3 Å². The van der Waals surface area contributed by atoms with Gasteiger partial charge in [-0.3, -0.25) is 9.69 Å². The quantitative estimate of drug-likeness (QED) is 0.576. The topological polar surface area (TPSA) is 32.8 Å². The Labute approximate surface area is 154 Å². The van der Waals surface area contributed by atoms with Gasteiger partial charge in [0.2, 0.25) is 0 Å². The zero-order valence-corrected chi connectivity index (χ0v) is 15.7. The van der Waals surface area contributed by atoms with Crippen LogP contribution in [-0.2, 0) is 14.9 Å². The maximum Gasteiger partial charge on any atom is 0.302 e. The molecule has 1 saturated carbocycles. The van der Waals surface area contributed by atoms with Crippen molar-refractivity contribution in [1.82, 2.24) is 4.90 Å². The smallest absolute Gasteiger partial charge is 0.302 e. The van der Waals surface area contributed by atoms with Crippen molar-refractivity contribution in [2.24, 2.45) is 11.8 Å². The minimum absolute atomic E-state index is 0.00338. The van der Waals surface area contributed by atoms with Gasteiger partial charge in [0.1, 0.15) is 6.10 Å². The number of carbonyl (C=O) groups is 1. The SMILES string of the molecule is C/C=C1/CN2[C@H]3C[C@@]45c6ccccc6N(C)[C@@H]4[C@@H]2C[C@@H]1[C@@H]3[C@H]5OC(C)=O. The molecule has 0 amide bonds. The van der Waals surface area contributed by atoms with Crippen LogP contribution in [-0.4, -0.2) is 48.7 Å². The van der Waals surface area contributed by atoms with Gasteiger partial charge in [0.15, 0.2) is 0 Å². The second-order valence-corrected chi connectivity index (χ2v) is 8.94. The lowest BCUT2D eigenvalue weighted by Crippen LogP contribution is -2.68. The van der Waals surface area contributed by atoms with E-state index in [4.69, 9.17) is 4.74 Å². The summed E-state index contributed by atoms with van der Waals surface area (Å²) in [5.41, 5.74) is 4.28. The fourth-order valence-corrected chi connectivity index (χ4v) is 7.68. The highest BCUT2D eigenvalue weighted by Gasteiger charge is 2.75. The van der Waals surface area contributed by atoms with Gasteiger partial charge in [0, 0.05) is 44.2 Å². The van der Waals surface area contributed by atoms with Crippen LogP contribution in [0.15, 0.2) is 35.9 Å². The molecule has 1 aromatic rings. The summed E-state index contributed by atoms with van der Waals surface area (Å²) in [5.74, 6) is 0.897. The van der Waals surface area contributed by atoms with Gasteiger partial charge in [0.25, 0.3) is 0 Å². The monoisotopic (exact) mass is 350 g/mol. The third-order valence-electron chi connectivity index (χ3n) is 8.26. The van der Waals surface area contributed by atoms with Crippen LogP contribution in [0.5, 0.6) is 0 Å². The Morgan fingerprint density at radius 2 is 2.12 bits per heavy atom. The first kappa shape index (κ1) is 15.3. The van der Waals surface area contributed by atoms with Crippen molar-refractivity contribution in [3.8, 4) is 0 Å². The molecule has 4 nitrogen and oxygen atoms in total. The van der Waals surface area contributed by atoms with Crippen molar-refractivity contribution < 1.29 is 9.53 Å². The zero-order valence-electron chi connectivity index (χ0n) is 15.7. The molecule has 1 unspecified atom stereocenters. The van der Waals surface area contributed by atoms with Crippen LogP contribution in [0.2, 0.25) is 0 Å². The van der Waals surface area contributed by atoms with Gasteiger partial charge in [-0.15, -0.1) is 0 Å². The molecule has 136 valence electrons. The molecule has 7 rings (SSSR count). The molecule has 1 aromatic carbocycles. The molecule has 0 N–H and O–H groups in total. The summed E-state index contributed by atoms with van der Waals surface area (Å²) in [4.78, 5) is 17.4. The molecular weight excluding hydrogens is 324 g/mol. The Kier molecular flexibility index (Phi) is 2.77. The van der Waals surface area contributed by atoms with Crippen LogP contribution in [0.1, 0.15) is 32.3 Å². The second-order valence-electron chi connectivity index (χ2n) is 8.94. The molecule has 1 aliphatic carbocycles. The molecular formula is C22H26N2O2. The van der Waals surface area contributed by atoms with Crippen LogP contribution < -0.4 is 4.90 Å². The van der Waals surface area contributed by atoms with Crippen LogP contribution in [0.4, 0.5) is 5.69 Å². The maximum atomic E-state index is 12.1. The molecule has 4 heteroatoms. The molecule has 5 bridgehead atoms. The van der Waals surface area contributed by atoms with Gasteiger partial charge in [-0.1, -0.05) is 29.8 Å². The Hall–Kier alpha value is -1.81. The van der Waals surface area contributed by atoms with E-state index in [0.29, 0.717) is 30.0 Å². The standard InChI is InChI=1S/C22H26N2O2/c1-4-13-11-24-17-9-14(13)19-18(24)10-22(21(19)26-12(2)25)15-7-5-6-8-16(15)23(3)20(17)22/h4-8,14,17-21H,9-11H2,1-3H3/b13-4-/t14-,17-,18-,19-,20+,21+,22+/m0/s1. The van der Waals surface area contributed by atoms with E-state index in [1.165, 1.54) is 17.7 Å². The lowest BCUT2D eigenvalue weighted by Gasteiger charge is -2.58. The number of nitrogens with zero attached hydrogens (tertiary/aromatic N) is 2. The van der Waals surface area contributed by atoms with E-state index in [0.717, 1.165) is 13.0 Å². The number of hydrogen-bond acceptors (Lipinski definition) is 4. The third-order valence-corrected chi connectivity index (χ3v) is 8.26. The third kappa shape index (κ3) is 1.47. The number of anilines is 1. The van der Waals surface area contributed by atoms with Gasteiger partial charge >= 0.3 is 5.97 Å². The van der Waals surface area contributed by atoms with Gasteiger partial charge in [-0.2, -0.15) is 0 Å². The molecule has 0 radical (unpaired) electrons. The molecule has 1 spiro atoms. The normalized spacial score (nSPS) is 48.0. The number of rotatable bonds is 1. The summed E-state index contributed by atoms with van der Waals surface area (Å²) < 4.78 is 6.19. The minimum Gasteiger partial charge on any atom is -0.461 e. The van der Waals surface area contributed by atoms with Crippen molar-refractivity contribution in [2.75, 3.05) is 18.5 Å². The molecule has 26 heavy (non-hydrogen) atoms. The second kappa shape index (κ2) is 4.72. The lowest BCUT2D eigenvalue weighted by molar-refractivity contribution is -0.152. The van der Waals surface area contributed by atoms with E-state index < -0.39 is 0 Å². The summed E-state index contributed by atoms with van der Waals surface area (Å²) in [7, 11) is 2.25. The fraction of sp³-hybridized carbons (Fsp3) is 0.591. The van der Waals surface area contributed by atoms with Crippen molar-refractivity contribution in [2.45, 2.75) is 56.3 Å². The first-order valence-corrected chi connectivity index (χ1v) is 9.98. The number of carbonyl (C=O) groups excluding carboxylic acids is 1. The number of piperidine rings is 4. The number of hydrogen-bond donors (Lipinski definition) is 0. The highest BCUT2D eigenvalue weighted by Crippen LogP contribution is 2.68. The minimum atomic E-state index is -0.126. The van der Waals surface area contributed by atoms with Crippen LogP contribution in [0, 0.1) is 11.8 Å². The number of likely N-dealkylation sites (N-methyl/N-ethyl adjacent to an activating group) is 1. The fourth-order valence-electron chi connectivity index (χ4n) is 7.68. The summed E-state index contributed by atoms with van der Waals surface area (Å²) in [5, 5.41) is 0. The Morgan fingerprint density at radius 3 is 2.88 bits per heavy atom. The molecule has 5 heterocycles. The van der Waals surface area contributed by atoms with Gasteiger partial charge in [0.05, 0.1) is 11.5 Å². The Morgan fingerprint density at radius 1 is 1.31 bits per heavy atom. The van der Waals surface area contributed by atoms with E-state index in [1.54, 1.807) is 12.5 Å². The van der Waals surface area contributed by atoms with E-state index in [-0.39, 0.29) is 17.5 Å². The number of esters is 1. The average molecular weight is 350 g/mol. The van der Waals surface area contributed by atoms with Crippen molar-refractivity contribution in [1.29, 1.82) is 0 Å². The molecule has 6 aliphatic rings. The number of allylic oxidation sites excluding steroid dienone is 1. The molecule has 0 aromatic heterocycles. The maximum absolute atomic E-state index is 12.1. The highest BCUT2D eigenvalue weighted by molar-refractivity contribution is 5.70. The van der Waals surface area contributed by atoms with E-state index in [2.05, 4.69) is 54.1 Å².